The molecule has 12 heteroatoms. The number of aliphatic carboxylic acids is 2. The van der Waals surface area contributed by atoms with Crippen LogP contribution in [0.1, 0.15) is 94.1 Å². The van der Waals surface area contributed by atoms with Crippen LogP contribution in [0.4, 0.5) is 24.5 Å². The number of rotatable bonds is 10. The first-order chi connectivity index (χ1) is 24.3. The Morgan fingerprint density at radius 3 is 2.33 bits per heavy atom. The second-order valence-electron chi connectivity index (χ2n) is 14.3. The number of nitrogens with zero attached hydrogens (tertiary/aromatic N) is 2. The Labute approximate surface area is 306 Å². The molecule has 2 heterocycles. The molecule has 1 atom stereocenters. The van der Waals surface area contributed by atoms with Crippen LogP contribution < -0.4 is 10.0 Å². The van der Waals surface area contributed by atoms with Crippen LogP contribution in [0, 0.1) is 5.92 Å². The lowest BCUT2D eigenvalue weighted by Gasteiger charge is -2.26. The van der Waals surface area contributed by atoms with Gasteiger partial charge in [-0.2, -0.15) is 17.7 Å². The van der Waals surface area contributed by atoms with Gasteiger partial charge < -0.3 is 25.0 Å². The molecule has 2 aliphatic heterocycles. The summed E-state index contributed by atoms with van der Waals surface area (Å²) in [6.45, 7) is 9.57. The molecule has 8 nitrogen and oxygen atoms in total. The second-order valence-corrected chi connectivity index (χ2v) is 14.7. The Kier molecular flexibility index (Phi) is 12.3. The summed E-state index contributed by atoms with van der Waals surface area (Å²) >= 11 is 7.11. The Morgan fingerprint density at radius 2 is 1.69 bits per heavy atom. The number of anilines is 1. The van der Waals surface area contributed by atoms with E-state index in [2.05, 4.69) is 85.4 Å². The van der Waals surface area contributed by atoms with Crippen LogP contribution in [-0.4, -0.2) is 58.2 Å². The zero-order chi connectivity index (χ0) is 38.6. The molecule has 0 fully saturated rings. The maximum atomic E-state index is 11.6. The van der Waals surface area contributed by atoms with Crippen molar-refractivity contribution >= 4 is 46.6 Å². The van der Waals surface area contributed by atoms with E-state index in [4.69, 9.17) is 26.6 Å². The summed E-state index contributed by atoms with van der Waals surface area (Å²) < 4.78 is 33.7. The molecule has 0 aromatic heterocycles. The van der Waals surface area contributed by atoms with Crippen LogP contribution in [-0.2, 0) is 20.4 Å². The van der Waals surface area contributed by atoms with Gasteiger partial charge in [-0.1, -0.05) is 42.3 Å². The number of aromatic carboxylic acids is 1. The third kappa shape index (κ3) is 8.70. The van der Waals surface area contributed by atoms with Gasteiger partial charge in [0, 0.05) is 52.7 Å². The number of carbonyl (C=O) groups excluding carboxylic acids is 1. The molecule has 2 N–H and O–H groups in total. The first kappa shape index (κ1) is 40.2. The maximum Gasteiger partial charge on any atom is 0.430 e. The van der Waals surface area contributed by atoms with Gasteiger partial charge in [-0.3, -0.25) is 4.79 Å². The van der Waals surface area contributed by atoms with Gasteiger partial charge in [0.25, 0.3) is 0 Å². The fraction of sp³-hybridized carbons (Fsp3) is 0.425. The molecule has 278 valence electrons. The number of fused-ring (bicyclic) bond motifs is 2. The molecule has 0 amide bonds. The fourth-order valence-corrected chi connectivity index (χ4v) is 7.51. The van der Waals surface area contributed by atoms with Crippen LogP contribution >= 0.6 is 11.6 Å². The number of allylic oxidation sites excluding steroid dienone is 5. The number of alkyl halides is 3. The molecular weight excluding hydrogens is 697 g/mol. The Bertz CT molecular complexity index is 1900. The smallest absolute Gasteiger partial charge is 0.430 e. The third-order valence-electron chi connectivity index (χ3n) is 9.97. The van der Waals surface area contributed by atoms with Crippen LogP contribution in [0.25, 0.3) is 0 Å². The topological polar surface area (TPSA) is 121 Å². The number of benzene rings is 2. The van der Waals surface area contributed by atoms with E-state index in [0.717, 1.165) is 71.9 Å². The first-order valence-electron chi connectivity index (χ1n) is 17.2. The van der Waals surface area contributed by atoms with Gasteiger partial charge in [0.05, 0.1) is 16.7 Å². The highest BCUT2D eigenvalue weighted by Crippen LogP contribution is 2.47. The molecule has 0 bridgehead atoms. The molecule has 1 aliphatic carbocycles. The molecule has 0 saturated heterocycles. The minimum atomic E-state index is -5.19. The first-order valence-corrected chi connectivity index (χ1v) is 17.6. The summed E-state index contributed by atoms with van der Waals surface area (Å²) in [5.41, 5.74) is 11.3. The van der Waals surface area contributed by atoms with E-state index in [1.165, 1.54) is 11.3 Å². The summed E-state index contributed by atoms with van der Waals surface area (Å²) in [5.74, 6) is -4.60. The third-order valence-corrected chi connectivity index (χ3v) is 10.5. The van der Waals surface area contributed by atoms with E-state index >= 15 is 0 Å². The normalized spacial score (nSPS) is 18.8. The van der Waals surface area contributed by atoms with Crippen molar-refractivity contribution in [2.24, 2.45) is 5.92 Å². The van der Waals surface area contributed by atoms with Crippen LogP contribution in [0.5, 0.6) is 0 Å². The van der Waals surface area contributed by atoms with E-state index in [1.54, 1.807) is 12.1 Å². The summed E-state index contributed by atoms with van der Waals surface area (Å²) in [6.07, 6.45) is 6.81. The minimum absolute atomic E-state index is 0.0686. The highest BCUT2D eigenvalue weighted by molar-refractivity contribution is 6.30. The van der Waals surface area contributed by atoms with Crippen LogP contribution in [0.3, 0.4) is 0 Å². The molecule has 2 aromatic rings. The Balaban J connectivity index is 0.000000785. The molecule has 0 radical (unpaired) electrons. The van der Waals surface area contributed by atoms with Gasteiger partial charge in [0.15, 0.2) is 5.71 Å². The van der Waals surface area contributed by atoms with E-state index in [9.17, 15) is 27.9 Å². The number of unbranched alkanes of at least 4 members (excludes halogenated alkanes) is 2. The number of carboxylic acids is 3. The highest BCUT2D eigenvalue weighted by atomic mass is 35.5. The fourth-order valence-electron chi connectivity index (χ4n) is 7.18. The zero-order valence-corrected chi connectivity index (χ0v) is 30.7. The average molecular weight is 741 g/mol. The molecule has 5 rings (SSSR count). The van der Waals surface area contributed by atoms with Crippen molar-refractivity contribution in [1.82, 2.24) is 0 Å². The SMILES string of the molecule is C[N+]1=C(/C=C/C2=C(Cl)C(C=C=C3N(CCCCCC(=O)O)c4ccccc4C3(C)C)CCC2)C(C)(C)c2cc(C(=O)O)ccc21.O=C([O-])C(F)(F)F. The maximum absolute atomic E-state index is 11.6. The largest absolute Gasteiger partial charge is 0.542 e. The summed E-state index contributed by atoms with van der Waals surface area (Å²) in [6, 6.07) is 13.9. The summed E-state index contributed by atoms with van der Waals surface area (Å²) in [5, 5.41) is 28.2. The Hall–Kier alpha value is -4.60. The van der Waals surface area contributed by atoms with Gasteiger partial charge in [0.2, 0.25) is 5.69 Å². The second kappa shape index (κ2) is 16.0. The quantitative estimate of drug-likeness (QED) is 0.144. The van der Waals surface area contributed by atoms with Crippen molar-refractivity contribution in [1.29, 1.82) is 0 Å². The zero-order valence-electron chi connectivity index (χ0n) is 29.9. The van der Waals surface area contributed by atoms with Gasteiger partial charge in [-0.05, 0) is 95.2 Å². The number of hydrogen-bond donors (Lipinski definition) is 2. The van der Waals surface area contributed by atoms with Gasteiger partial charge in [-0.25, -0.2) is 4.79 Å². The van der Waals surface area contributed by atoms with Crippen molar-refractivity contribution in [2.45, 2.75) is 89.6 Å². The molecule has 0 spiro atoms. The molecule has 0 saturated carbocycles. The highest BCUT2D eigenvalue weighted by Gasteiger charge is 2.43. The molecule has 3 aliphatic rings. The predicted octanol–water partition coefficient (Wildman–Crippen LogP) is 8.02. The van der Waals surface area contributed by atoms with E-state index in [0.29, 0.717) is 12.0 Å². The standard InChI is InChI=1S/C38H43ClN2O4.C2HF3O2/c1-37(2)28-14-8-9-15-31(28)41(23-10-6-7-16-34(42)43)33(37)22-19-26-13-11-12-25(35(26)39)18-21-32-38(3,4)29-24-27(36(44)45)17-20-30(29)40(32)5;3-2(4,5)1(6)7/h8-9,14-15,17-21,24,26H,6-7,10-13,16,23H2,1-5H3,(H-,42,43,44,45);(H,6,7)/b21-18+;. The van der Waals surface area contributed by atoms with E-state index < -0.39 is 24.1 Å². The van der Waals surface area contributed by atoms with Crippen LogP contribution in [0.2, 0.25) is 0 Å². The monoisotopic (exact) mass is 740 g/mol. The lowest BCUT2D eigenvalue weighted by atomic mass is 9.80. The summed E-state index contributed by atoms with van der Waals surface area (Å²) in [4.78, 5) is 33.7. The van der Waals surface area contributed by atoms with Crippen molar-refractivity contribution < 1.29 is 47.4 Å². The molecule has 52 heavy (non-hydrogen) atoms. The number of carbonyl (C=O) groups is 3. The Morgan fingerprint density at radius 1 is 1.02 bits per heavy atom. The van der Waals surface area contributed by atoms with Crippen molar-refractivity contribution in [3.8, 4) is 0 Å². The van der Waals surface area contributed by atoms with Gasteiger partial charge in [-0.15, -0.1) is 5.73 Å². The van der Waals surface area contributed by atoms with Gasteiger partial charge >= 0.3 is 18.1 Å². The van der Waals surface area contributed by atoms with E-state index in [1.807, 2.05) is 13.1 Å². The lowest BCUT2D eigenvalue weighted by Crippen LogP contribution is -2.37. The van der Waals surface area contributed by atoms with Gasteiger partial charge in [0.1, 0.15) is 13.0 Å². The average Bonchev–Trinajstić information content (AvgIpc) is 3.40. The lowest BCUT2D eigenvalue weighted by molar-refractivity contribution is -0.401. The molecule has 2 aromatic carbocycles. The number of para-hydroxylation sites is 1. The van der Waals surface area contributed by atoms with Crippen molar-refractivity contribution in [3.63, 3.8) is 0 Å². The summed E-state index contributed by atoms with van der Waals surface area (Å²) in [7, 11) is 2.03. The van der Waals surface area contributed by atoms with Crippen molar-refractivity contribution in [3.05, 3.63) is 99.4 Å². The number of halogens is 4. The number of hydrogen-bond acceptors (Lipinski definition) is 5. The predicted molar refractivity (Wildman–Crippen MR) is 192 cm³/mol. The molecule has 1 unspecified atom stereocenters. The molecular formula is C40H44ClF3N2O6. The van der Waals surface area contributed by atoms with Crippen molar-refractivity contribution in [2.75, 3.05) is 18.5 Å². The number of carboxylic acid groups (broad SMARTS) is 3. The minimum Gasteiger partial charge on any atom is -0.542 e. The van der Waals surface area contributed by atoms with Crippen LogP contribution in [0.15, 0.2) is 82.7 Å². The van der Waals surface area contributed by atoms with E-state index in [-0.39, 0.29) is 23.2 Å².